The third-order valence-corrected chi connectivity index (χ3v) is 10.1. The van der Waals surface area contributed by atoms with Crippen LogP contribution in [0, 0.1) is 0 Å². The van der Waals surface area contributed by atoms with Gasteiger partial charge in [-0.15, -0.1) is 0 Å². The minimum Gasteiger partial charge on any atom is -0.756 e. The van der Waals surface area contributed by atoms with E-state index in [1.807, 2.05) is 21.1 Å². The van der Waals surface area contributed by atoms with E-state index in [9.17, 15) is 19.4 Å². The highest BCUT2D eigenvalue weighted by Gasteiger charge is 2.24. The number of amides is 1. The minimum absolute atomic E-state index is 0.00958. The van der Waals surface area contributed by atoms with E-state index in [1.54, 1.807) is 0 Å². The summed E-state index contributed by atoms with van der Waals surface area (Å²) in [5.41, 5.74) is 0. The highest BCUT2D eigenvalue weighted by Crippen LogP contribution is 2.38. The first kappa shape index (κ1) is 49.0. The number of carbonyl (C=O) groups excluding carboxylic acids is 1. The second kappa shape index (κ2) is 33.8. The molecule has 0 aromatic heterocycles. The number of rotatable bonds is 37. The number of nitrogens with one attached hydrogen (secondary N) is 1. The van der Waals surface area contributed by atoms with Crippen molar-refractivity contribution in [1.29, 1.82) is 0 Å². The first-order valence-electron chi connectivity index (χ1n) is 20.7. The lowest BCUT2D eigenvalue weighted by molar-refractivity contribution is -0.870. The Morgan fingerprint density at radius 1 is 0.700 bits per heavy atom. The molecule has 3 atom stereocenters. The number of aliphatic hydroxyl groups is 1. The smallest absolute Gasteiger partial charge is 0.268 e. The molecule has 0 spiro atoms. The van der Waals surface area contributed by atoms with E-state index >= 15 is 0 Å². The third kappa shape index (κ3) is 35.4. The molecule has 3 unspecified atom stereocenters. The van der Waals surface area contributed by atoms with E-state index in [1.165, 1.54) is 83.5 Å². The summed E-state index contributed by atoms with van der Waals surface area (Å²) in [6.07, 6.45) is 37.4. The van der Waals surface area contributed by atoms with Crippen LogP contribution >= 0.6 is 7.82 Å². The second-order valence-electron chi connectivity index (χ2n) is 15.3. The number of allylic oxidation sites excluding steroid dienone is 4. The summed E-state index contributed by atoms with van der Waals surface area (Å²) in [7, 11) is 1.29. The van der Waals surface area contributed by atoms with Gasteiger partial charge in [0.15, 0.2) is 0 Å². The van der Waals surface area contributed by atoms with Gasteiger partial charge in [-0.2, -0.15) is 0 Å². The van der Waals surface area contributed by atoms with Crippen LogP contribution in [0.4, 0.5) is 0 Å². The highest BCUT2D eigenvalue weighted by molar-refractivity contribution is 7.45. The number of unbranched alkanes of at least 4 members (excludes halogenated alkanes) is 20. The van der Waals surface area contributed by atoms with Gasteiger partial charge in [-0.1, -0.05) is 160 Å². The summed E-state index contributed by atoms with van der Waals surface area (Å²) < 4.78 is 23.2. The SMILES string of the molecule is CCC/C=C\C/C=C\CCCCCCCC(=O)NC(COP(=O)([O-])OCC[N+](C)(C)C)C(O)CCCCCCCCCCCCCCCCC. The normalized spacial score (nSPS) is 14.8. The van der Waals surface area contributed by atoms with Crippen molar-refractivity contribution < 1.29 is 32.9 Å². The van der Waals surface area contributed by atoms with Gasteiger partial charge >= 0.3 is 0 Å². The number of aliphatic hydroxyl groups excluding tert-OH is 1. The van der Waals surface area contributed by atoms with Crippen LogP contribution in [0.25, 0.3) is 0 Å². The Hall–Kier alpha value is -1.02. The molecular formula is C41H81N2O6P. The van der Waals surface area contributed by atoms with Crippen LogP contribution in [0.3, 0.4) is 0 Å². The molecule has 0 heterocycles. The molecule has 9 heteroatoms. The molecule has 0 aromatic carbocycles. The second-order valence-corrected chi connectivity index (χ2v) is 16.8. The van der Waals surface area contributed by atoms with Crippen molar-refractivity contribution in [3.63, 3.8) is 0 Å². The maximum atomic E-state index is 12.8. The summed E-state index contributed by atoms with van der Waals surface area (Å²) in [6, 6.07) is -0.804. The van der Waals surface area contributed by atoms with Gasteiger partial charge in [0.25, 0.3) is 7.82 Å². The molecule has 0 aliphatic heterocycles. The molecule has 0 aliphatic carbocycles. The van der Waals surface area contributed by atoms with E-state index in [4.69, 9.17) is 9.05 Å². The maximum Gasteiger partial charge on any atom is 0.268 e. The molecule has 296 valence electrons. The predicted octanol–water partition coefficient (Wildman–Crippen LogP) is 10.3. The Bertz CT molecular complexity index is 876. The van der Waals surface area contributed by atoms with Crippen molar-refractivity contribution in [2.45, 2.75) is 193 Å². The van der Waals surface area contributed by atoms with Crippen LogP contribution in [-0.2, 0) is 18.4 Å². The van der Waals surface area contributed by atoms with Crippen molar-refractivity contribution in [3.8, 4) is 0 Å². The molecule has 1 amide bonds. The Balaban J connectivity index is 4.43. The van der Waals surface area contributed by atoms with Crippen molar-refractivity contribution >= 4 is 13.7 Å². The summed E-state index contributed by atoms with van der Waals surface area (Å²) >= 11 is 0. The first-order chi connectivity index (χ1) is 24.0. The van der Waals surface area contributed by atoms with Crippen LogP contribution in [-0.4, -0.2) is 68.5 Å². The fourth-order valence-corrected chi connectivity index (χ4v) is 6.56. The Labute approximate surface area is 309 Å². The van der Waals surface area contributed by atoms with Gasteiger partial charge in [0.2, 0.25) is 5.91 Å². The van der Waals surface area contributed by atoms with E-state index < -0.39 is 20.0 Å². The Morgan fingerprint density at radius 2 is 1.20 bits per heavy atom. The van der Waals surface area contributed by atoms with Gasteiger partial charge in [0.1, 0.15) is 13.2 Å². The summed E-state index contributed by atoms with van der Waals surface area (Å²) in [5.74, 6) is -0.181. The maximum absolute atomic E-state index is 12.8. The van der Waals surface area contributed by atoms with Crippen molar-refractivity contribution in [2.24, 2.45) is 0 Å². The fourth-order valence-electron chi connectivity index (χ4n) is 5.84. The fraction of sp³-hybridized carbons (Fsp3) is 0.878. The monoisotopic (exact) mass is 729 g/mol. The molecule has 0 saturated carbocycles. The number of carbonyl (C=O) groups is 1. The molecule has 0 aromatic rings. The molecular weight excluding hydrogens is 647 g/mol. The number of likely N-dealkylation sites (N-methyl/N-ethyl adjacent to an activating group) is 1. The van der Waals surface area contributed by atoms with E-state index in [0.717, 1.165) is 70.6 Å². The number of hydrogen-bond acceptors (Lipinski definition) is 6. The highest BCUT2D eigenvalue weighted by atomic mass is 31.2. The lowest BCUT2D eigenvalue weighted by Gasteiger charge is -2.30. The number of phosphoric ester groups is 1. The quantitative estimate of drug-likeness (QED) is 0.0285. The number of quaternary nitrogens is 1. The van der Waals surface area contributed by atoms with Crippen LogP contribution in [0.5, 0.6) is 0 Å². The van der Waals surface area contributed by atoms with Gasteiger partial charge in [-0.3, -0.25) is 9.36 Å². The van der Waals surface area contributed by atoms with Crippen LogP contribution in [0.2, 0.25) is 0 Å². The molecule has 8 nitrogen and oxygen atoms in total. The lowest BCUT2D eigenvalue weighted by Crippen LogP contribution is -2.46. The first-order valence-corrected chi connectivity index (χ1v) is 22.1. The van der Waals surface area contributed by atoms with E-state index in [-0.39, 0.29) is 19.1 Å². The summed E-state index contributed by atoms with van der Waals surface area (Å²) in [5, 5.41) is 13.9. The Morgan fingerprint density at radius 3 is 1.74 bits per heavy atom. The molecule has 0 aliphatic rings. The zero-order valence-electron chi connectivity index (χ0n) is 33.4. The molecule has 0 radical (unpaired) electrons. The van der Waals surface area contributed by atoms with Crippen molar-refractivity contribution in [2.75, 3.05) is 40.9 Å². The molecule has 0 bridgehead atoms. The van der Waals surface area contributed by atoms with Gasteiger partial charge < -0.3 is 28.8 Å². The molecule has 0 saturated heterocycles. The third-order valence-electron chi connectivity index (χ3n) is 9.17. The summed E-state index contributed by atoms with van der Waals surface area (Å²) in [4.78, 5) is 25.2. The van der Waals surface area contributed by atoms with Crippen molar-refractivity contribution in [1.82, 2.24) is 5.32 Å². The summed E-state index contributed by atoms with van der Waals surface area (Å²) in [6.45, 7) is 4.63. The zero-order valence-corrected chi connectivity index (χ0v) is 34.2. The molecule has 2 N–H and O–H groups in total. The van der Waals surface area contributed by atoms with E-state index in [2.05, 4.69) is 43.5 Å². The molecule has 0 rings (SSSR count). The standard InChI is InChI=1S/C41H81N2O6P/c1-6-8-10-12-14-16-18-20-21-23-24-26-28-30-32-34-40(44)39(38-49-50(46,47)48-37-36-43(3,4)5)42-41(45)35-33-31-29-27-25-22-19-17-15-13-11-9-7-2/h11,13,17,19,39-40,44H,6-10,12,14-16,18,20-38H2,1-5H3,(H-,42,45,46,47)/b13-11-,19-17-. The minimum atomic E-state index is -4.56. The average molecular weight is 729 g/mol. The molecule has 0 fully saturated rings. The van der Waals surface area contributed by atoms with Crippen LogP contribution in [0.1, 0.15) is 181 Å². The van der Waals surface area contributed by atoms with Gasteiger partial charge in [-0.25, -0.2) is 0 Å². The van der Waals surface area contributed by atoms with Crippen molar-refractivity contribution in [3.05, 3.63) is 24.3 Å². The van der Waals surface area contributed by atoms with Gasteiger partial charge in [0.05, 0.1) is 39.9 Å². The lowest BCUT2D eigenvalue weighted by atomic mass is 10.0. The number of phosphoric acid groups is 1. The predicted molar refractivity (Wildman–Crippen MR) is 210 cm³/mol. The largest absolute Gasteiger partial charge is 0.756 e. The van der Waals surface area contributed by atoms with E-state index in [0.29, 0.717) is 23.9 Å². The van der Waals surface area contributed by atoms with Crippen LogP contribution < -0.4 is 10.2 Å². The Kier molecular flexibility index (Phi) is 33.1. The topological polar surface area (TPSA) is 108 Å². The van der Waals surface area contributed by atoms with Gasteiger partial charge in [0, 0.05) is 6.42 Å². The number of nitrogens with zero attached hydrogens (tertiary/aromatic N) is 1. The van der Waals surface area contributed by atoms with Crippen LogP contribution in [0.15, 0.2) is 24.3 Å². The van der Waals surface area contributed by atoms with Gasteiger partial charge in [-0.05, 0) is 38.5 Å². The molecule has 50 heavy (non-hydrogen) atoms. The number of hydrogen-bond donors (Lipinski definition) is 2. The zero-order chi connectivity index (χ0) is 37.2. The average Bonchev–Trinajstić information content (AvgIpc) is 3.06.